The van der Waals surface area contributed by atoms with Crippen molar-refractivity contribution in [2.45, 2.75) is 6.61 Å². The summed E-state index contributed by atoms with van der Waals surface area (Å²) in [6.07, 6.45) is 0. The molecule has 6 heteroatoms. The molecule has 5 nitrogen and oxygen atoms in total. The normalized spacial score (nSPS) is 10.3. The smallest absolute Gasteiger partial charge is 0.135 e. The number of anilines is 1. The van der Waals surface area contributed by atoms with Crippen LogP contribution in [-0.2, 0) is 16.1 Å². The van der Waals surface area contributed by atoms with Gasteiger partial charge >= 0.3 is 0 Å². The number of hydrogen-bond donors (Lipinski definition) is 1. The first kappa shape index (κ1) is 10.4. The largest absolute Gasteiger partial charge is 0.382 e. The van der Waals surface area contributed by atoms with Crippen LogP contribution >= 0.6 is 11.5 Å². The predicted octanol–water partition coefficient (Wildman–Crippen LogP) is 0.743. The van der Waals surface area contributed by atoms with Gasteiger partial charge in [-0.15, -0.1) is 5.10 Å². The molecule has 0 aliphatic carbocycles. The minimum Gasteiger partial charge on any atom is -0.382 e. The van der Waals surface area contributed by atoms with E-state index in [1.807, 2.05) is 7.05 Å². The van der Waals surface area contributed by atoms with Gasteiger partial charge in [0.05, 0.1) is 19.8 Å². The van der Waals surface area contributed by atoms with E-state index in [0.717, 1.165) is 10.7 Å². The van der Waals surface area contributed by atoms with E-state index in [1.165, 1.54) is 11.5 Å². The fourth-order valence-corrected chi connectivity index (χ4v) is 1.32. The highest BCUT2D eigenvalue weighted by Crippen LogP contribution is 2.16. The summed E-state index contributed by atoms with van der Waals surface area (Å²) in [4.78, 5) is 0. The highest BCUT2D eigenvalue weighted by Gasteiger charge is 2.05. The van der Waals surface area contributed by atoms with Crippen molar-refractivity contribution < 1.29 is 9.47 Å². The number of ether oxygens (including phenoxy) is 2. The lowest BCUT2D eigenvalue weighted by Crippen LogP contribution is -2.03. The number of hydrogen-bond acceptors (Lipinski definition) is 6. The number of rotatable bonds is 6. The van der Waals surface area contributed by atoms with Crippen LogP contribution in [0.15, 0.2) is 0 Å². The van der Waals surface area contributed by atoms with Crippen molar-refractivity contribution in [2.75, 3.05) is 32.7 Å². The zero-order chi connectivity index (χ0) is 9.52. The standard InChI is InChI=1S/C7H13N3O2S/c1-8-7-6(9-10-13-7)5-12-4-3-11-2/h8H,3-5H2,1-2H3. The molecule has 74 valence electrons. The van der Waals surface area contributed by atoms with Gasteiger partial charge in [0.25, 0.3) is 0 Å². The minimum atomic E-state index is 0.482. The molecule has 0 saturated heterocycles. The van der Waals surface area contributed by atoms with E-state index in [-0.39, 0.29) is 0 Å². The Morgan fingerprint density at radius 1 is 1.46 bits per heavy atom. The van der Waals surface area contributed by atoms with Crippen LogP contribution < -0.4 is 5.32 Å². The van der Waals surface area contributed by atoms with E-state index in [4.69, 9.17) is 9.47 Å². The molecule has 1 aromatic rings. The van der Waals surface area contributed by atoms with Crippen molar-refractivity contribution in [2.24, 2.45) is 0 Å². The maximum absolute atomic E-state index is 5.30. The lowest BCUT2D eigenvalue weighted by Gasteiger charge is -2.01. The summed E-state index contributed by atoms with van der Waals surface area (Å²) < 4.78 is 14.0. The van der Waals surface area contributed by atoms with Crippen LogP contribution in [0.5, 0.6) is 0 Å². The molecule has 0 atom stereocenters. The van der Waals surface area contributed by atoms with Gasteiger partial charge in [-0.1, -0.05) is 4.49 Å². The van der Waals surface area contributed by atoms with Crippen molar-refractivity contribution in [3.05, 3.63) is 5.69 Å². The molecule has 0 saturated carbocycles. The summed E-state index contributed by atoms with van der Waals surface area (Å²) in [5.41, 5.74) is 0.851. The van der Waals surface area contributed by atoms with Gasteiger partial charge in [-0.2, -0.15) is 0 Å². The maximum Gasteiger partial charge on any atom is 0.135 e. The van der Waals surface area contributed by atoms with Gasteiger partial charge in [0.15, 0.2) is 0 Å². The number of nitrogens with zero attached hydrogens (tertiary/aromatic N) is 2. The number of methoxy groups -OCH3 is 1. The van der Waals surface area contributed by atoms with Gasteiger partial charge in [0.1, 0.15) is 10.7 Å². The minimum absolute atomic E-state index is 0.482. The monoisotopic (exact) mass is 203 g/mol. The Morgan fingerprint density at radius 3 is 3.00 bits per heavy atom. The average Bonchev–Trinajstić information content (AvgIpc) is 2.60. The van der Waals surface area contributed by atoms with E-state index in [1.54, 1.807) is 7.11 Å². The maximum atomic E-state index is 5.30. The lowest BCUT2D eigenvalue weighted by molar-refractivity contribution is 0.0604. The fraction of sp³-hybridized carbons (Fsp3) is 0.714. The molecular weight excluding hydrogens is 190 g/mol. The third kappa shape index (κ3) is 3.25. The van der Waals surface area contributed by atoms with Crippen molar-refractivity contribution in [1.29, 1.82) is 0 Å². The van der Waals surface area contributed by atoms with E-state index >= 15 is 0 Å². The topological polar surface area (TPSA) is 56.3 Å². The SMILES string of the molecule is CNc1snnc1COCCOC. The molecule has 0 fully saturated rings. The molecule has 0 amide bonds. The Hall–Kier alpha value is -0.720. The molecule has 1 rings (SSSR count). The van der Waals surface area contributed by atoms with Crippen molar-refractivity contribution in [1.82, 2.24) is 9.59 Å². The first-order valence-electron chi connectivity index (χ1n) is 3.94. The van der Waals surface area contributed by atoms with Crippen LogP contribution in [0.3, 0.4) is 0 Å². The highest BCUT2D eigenvalue weighted by atomic mass is 32.1. The third-order valence-electron chi connectivity index (χ3n) is 1.45. The predicted molar refractivity (Wildman–Crippen MR) is 51.0 cm³/mol. The average molecular weight is 203 g/mol. The van der Waals surface area contributed by atoms with Crippen LogP contribution in [0, 0.1) is 0 Å². The summed E-state index contributed by atoms with van der Waals surface area (Å²) in [7, 11) is 3.49. The Labute approximate surface area is 81.2 Å². The zero-order valence-corrected chi connectivity index (χ0v) is 8.56. The van der Waals surface area contributed by atoms with Crippen LogP contribution in [0.25, 0.3) is 0 Å². The molecule has 0 radical (unpaired) electrons. The molecule has 0 unspecified atom stereocenters. The van der Waals surface area contributed by atoms with Crippen molar-refractivity contribution >= 4 is 16.5 Å². The molecule has 0 aliphatic heterocycles. The second kappa shape index (κ2) is 5.85. The molecule has 13 heavy (non-hydrogen) atoms. The Kier molecular flexibility index (Phi) is 4.66. The second-order valence-corrected chi connectivity index (χ2v) is 3.10. The zero-order valence-electron chi connectivity index (χ0n) is 7.74. The van der Waals surface area contributed by atoms with E-state index in [0.29, 0.717) is 19.8 Å². The first-order valence-corrected chi connectivity index (χ1v) is 4.71. The molecule has 0 aromatic carbocycles. The second-order valence-electron chi connectivity index (χ2n) is 2.34. The van der Waals surface area contributed by atoms with Crippen LogP contribution in [-0.4, -0.2) is 37.0 Å². The summed E-state index contributed by atoms with van der Waals surface area (Å²) in [5, 5.41) is 7.88. The quantitative estimate of drug-likeness (QED) is 0.691. The summed E-state index contributed by atoms with van der Waals surface area (Å²) in [5.74, 6) is 0. The molecule has 1 aromatic heterocycles. The fourth-order valence-electron chi connectivity index (χ4n) is 0.804. The Morgan fingerprint density at radius 2 is 2.31 bits per heavy atom. The molecule has 0 bridgehead atoms. The van der Waals surface area contributed by atoms with E-state index in [9.17, 15) is 0 Å². The van der Waals surface area contributed by atoms with Crippen molar-refractivity contribution in [3.8, 4) is 0 Å². The number of nitrogens with one attached hydrogen (secondary N) is 1. The highest BCUT2D eigenvalue weighted by molar-refractivity contribution is 7.10. The van der Waals surface area contributed by atoms with Crippen LogP contribution in [0.2, 0.25) is 0 Å². The van der Waals surface area contributed by atoms with E-state index in [2.05, 4.69) is 14.9 Å². The van der Waals surface area contributed by atoms with Crippen LogP contribution in [0.4, 0.5) is 5.00 Å². The molecular formula is C7H13N3O2S. The lowest BCUT2D eigenvalue weighted by atomic mass is 10.5. The van der Waals surface area contributed by atoms with Gasteiger partial charge in [0, 0.05) is 25.7 Å². The Bertz CT molecular complexity index is 241. The molecule has 0 aliphatic rings. The molecule has 1 heterocycles. The van der Waals surface area contributed by atoms with Crippen LogP contribution in [0.1, 0.15) is 5.69 Å². The van der Waals surface area contributed by atoms with Gasteiger partial charge in [0.2, 0.25) is 0 Å². The van der Waals surface area contributed by atoms with Gasteiger partial charge in [-0.25, -0.2) is 0 Å². The summed E-state index contributed by atoms with van der Waals surface area (Å²) in [6.45, 7) is 1.67. The first-order chi connectivity index (χ1) is 6.38. The summed E-state index contributed by atoms with van der Waals surface area (Å²) in [6, 6.07) is 0. The summed E-state index contributed by atoms with van der Waals surface area (Å²) >= 11 is 1.33. The molecule has 1 N–H and O–H groups in total. The number of aromatic nitrogens is 2. The third-order valence-corrected chi connectivity index (χ3v) is 2.24. The molecule has 0 spiro atoms. The van der Waals surface area contributed by atoms with Gasteiger partial charge in [-0.05, 0) is 0 Å². The Balaban J connectivity index is 2.27. The van der Waals surface area contributed by atoms with E-state index < -0.39 is 0 Å². The van der Waals surface area contributed by atoms with Gasteiger partial charge in [-0.3, -0.25) is 0 Å². The van der Waals surface area contributed by atoms with Crippen molar-refractivity contribution in [3.63, 3.8) is 0 Å². The van der Waals surface area contributed by atoms with Gasteiger partial charge < -0.3 is 14.8 Å².